The second-order valence-electron chi connectivity index (χ2n) is 7.40. The second-order valence-corrected chi connectivity index (χ2v) is 7.40. The maximum atomic E-state index is 5.90. The largest absolute Gasteiger partial charge is 0.436 e. The topological polar surface area (TPSA) is 51.3 Å². The van der Waals surface area contributed by atoms with Gasteiger partial charge in [0.15, 0.2) is 5.58 Å². The van der Waals surface area contributed by atoms with E-state index in [1.165, 1.54) is 21.5 Å². The number of pyridine rings is 1. The van der Waals surface area contributed by atoms with Crippen molar-refractivity contribution < 1.29 is 4.42 Å². The van der Waals surface area contributed by atoms with E-state index in [-0.39, 0.29) is 0 Å². The Labute approximate surface area is 178 Å². The van der Waals surface area contributed by atoms with E-state index in [9.17, 15) is 0 Å². The van der Waals surface area contributed by atoms with Crippen LogP contribution >= 0.6 is 0 Å². The lowest BCUT2D eigenvalue weighted by atomic mass is 9.97. The summed E-state index contributed by atoms with van der Waals surface area (Å²) in [5, 5.41) is 4.79. The summed E-state index contributed by atoms with van der Waals surface area (Å²) >= 11 is 0. The Bertz CT molecular complexity index is 1530. The van der Waals surface area contributed by atoms with Crippen molar-refractivity contribution in [2.45, 2.75) is 0 Å². The van der Waals surface area contributed by atoms with Crippen LogP contribution in [0.4, 0.5) is 5.69 Å². The highest BCUT2D eigenvalue weighted by atomic mass is 16.3. The molecule has 0 saturated carbocycles. The fourth-order valence-electron chi connectivity index (χ4n) is 3.94. The van der Waals surface area contributed by atoms with Gasteiger partial charge in [-0.2, -0.15) is 0 Å². The van der Waals surface area contributed by atoms with Gasteiger partial charge in [-0.25, -0.2) is 4.98 Å². The Kier molecular flexibility index (Phi) is 4.06. The van der Waals surface area contributed by atoms with Gasteiger partial charge in [-0.05, 0) is 57.9 Å². The van der Waals surface area contributed by atoms with Crippen LogP contribution in [0.5, 0.6) is 0 Å². The molecule has 31 heavy (non-hydrogen) atoms. The molecule has 2 aromatic heterocycles. The Hall–Kier alpha value is -4.31. The fraction of sp³-hybridized carbons (Fsp3) is 0. The Morgan fingerprint density at radius 2 is 1.45 bits per heavy atom. The van der Waals surface area contributed by atoms with E-state index in [0.29, 0.717) is 5.89 Å². The first kappa shape index (κ1) is 17.5. The molecule has 6 aromatic rings. The number of nitrogens with zero attached hydrogens (tertiary/aromatic N) is 3. The van der Waals surface area contributed by atoms with Crippen LogP contribution in [-0.2, 0) is 0 Å². The molecule has 0 N–H and O–H groups in total. The van der Waals surface area contributed by atoms with Gasteiger partial charge in [0.2, 0.25) is 5.89 Å². The van der Waals surface area contributed by atoms with Crippen LogP contribution in [0.15, 0.2) is 107 Å². The Morgan fingerprint density at radius 1 is 0.742 bits per heavy atom. The van der Waals surface area contributed by atoms with Crippen LogP contribution < -0.4 is 0 Å². The van der Waals surface area contributed by atoms with E-state index < -0.39 is 0 Å². The molecular weight excluding hydrogens is 382 g/mol. The molecule has 0 amide bonds. The van der Waals surface area contributed by atoms with Crippen molar-refractivity contribution in [2.75, 3.05) is 0 Å². The molecule has 0 spiro atoms. The van der Waals surface area contributed by atoms with Crippen molar-refractivity contribution >= 4 is 44.5 Å². The zero-order chi connectivity index (χ0) is 20.6. The fourth-order valence-corrected chi connectivity index (χ4v) is 3.94. The Balaban J connectivity index is 1.45. The molecule has 0 atom stereocenters. The molecule has 0 unspecified atom stereocenters. The van der Waals surface area contributed by atoms with Crippen LogP contribution in [0.3, 0.4) is 0 Å². The second kappa shape index (κ2) is 7.18. The van der Waals surface area contributed by atoms with Gasteiger partial charge in [0, 0.05) is 29.7 Å². The summed E-state index contributed by atoms with van der Waals surface area (Å²) in [6, 6.07) is 28.6. The van der Waals surface area contributed by atoms with E-state index in [1.54, 1.807) is 12.4 Å². The first-order valence-corrected chi connectivity index (χ1v) is 10.1. The molecule has 4 heteroatoms. The van der Waals surface area contributed by atoms with Gasteiger partial charge in [-0.15, -0.1) is 0 Å². The zero-order valence-corrected chi connectivity index (χ0v) is 16.6. The highest BCUT2D eigenvalue weighted by Crippen LogP contribution is 2.29. The molecule has 0 aliphatic heterocycles. The van der Waals surface area contributed by atoms with E-state index in [4.69, 9.17) is 9.41 Å². The third-order valence-corrected chi connectivity index (χ3v) is 5.45. The molecule has 0 bridgehead atoms. The molecule has 0 aliphatic rings. The van der Waals surface area contributed by atoms with Crippen molar-refractivity contribution in [1.29, 1.82) is 0 Å². The number of hydrogen-bond acceptors (Lipinski definition) is 4. The molecule has 146 valence electrons. The average Bonchev–Trinajstić information content (AvgIpc) is 3.26. The first-order chi connectivity index (χ1) is 15.3. The zero-order valence-electron chi connectivity index (χ0n) is 16.6. The lowest BCUT2D eigenvalue weighted by Crippen LogP contribution is -1.88. The van der Waals surface area contributed by atoms with Crippen molar-refractivity contribution in [3.05, 3.63) is 103 Å². The maximum Gasteiger partial charge on any atom is 0.227 e. The standard InChI is InChI=1S/C27H17N3O/c1-3-7-22-19(5-1)15-20-6-2-4-8-23(20)24(22)17-29-21-9-10-26-25(16-21)30-27(31-26)18-11-13-28-14-12-18/h1-17H. The van der Waals surface area contributed by atoms with Crippen molar-refractivity contribution in [3.8, 4) is 11.5 Å². The molecule has 0 fully saturated rings. The van der Waals surface area contributed by atoms with Gasteiger partial charge >= 0.3 is 0 Å². The van der Waals surface area contributed by atoms with E-state index in [0.717, 1.165) is 27.9 Å². The number of aliphatic imine (C=N–C) groups is 1. The normalized spacial score (nSPS) is 11.7. The molecule has 2 heterocycles. The molecule has 6 rings (SSSR count). The van der Waals surface area contributed by atoms with Crippen molar-refractivity contribution in [3.63, 3.8) is 0 Å². The molecule has 4 aromatic carbocycles. The summed E-state index contributed by atoms with van der Waals surface area (Å²) in [7, 11) is 0. The summed E-state index contributed by atoms with van der Waals surface area (Å²) in [5.41, 5.74) is 4.37. The van der Waals surface area contributed by atoms with E-state index >= 15 is 0 Å². The minimum atomic E-state index is 0.582. The van der Waals surface area contributed by atoms with Crippen LogP contribution in [0.25, 0.3) is 44.1 Å². The predicted octanol–water partition coefficient (Wildman–Crippen LogP) is 6.95. The van der Waals surface area contributed by atoms with Gasteiger partial charge < -0.3 is 4.42 Å². The highest BCUT2D eigenvalue weighted by molar-refractivity contribution is 6.13. The van der Waals surface area contributed by atoms with Gasteiger partial charge in [-0.3, -0.25) is 9.98 Å². The molecular formula is C27H17N3O. The van der Waals surface area contributed by atoms with Crippen molar-refractivity contribution in [2.24, 2.45) is 4.99 Å². The number of aromatic nitrogens is 2. The van der Waals surface area contributed by atoms with Crippen LogP contribution in [-0.4, -0.2) is 16.2 Å². The van der Waals surface area contributed by atoms with Gasteiger partial charge in [0.25, 0.3) is 0 Å². The van der Waals surface area contributed by atoms with E-state index in [1.807, 2.05) is 36.5 Å². The first-order valence-electron chi connectivity index (χ1n) is 10.1. The van der Waals surface area contributed by atoms with Crippen LogP contribution in [0.2, 0.25) is 0 Å². The lowest BCUT2D eigenvalue weighted by Gasteiger charge is -2.07. The SMILES string of the molecule is C(=Nc1ccc2oc(-c3ccncc3)nc2c1)c1c2ccccc2cc2ccccc12. The quantitative estimate of drug-likeness (QED) is 0.239. The lowest BCUT2D eigenvalue weighted by molar-refractivity contribution is 0.619. The van der Waals surface area contributed by atoms with Gasteiger partial charge in [-0.1, -0.05) is 48.5 Å². The number of fused-ring (bicyclic) bond motifs is 3. The highest BCUT2D eigenvalue weighted by Gasteiger charge is 2.09. The van der Waals surface area contributed by atoms with Gasteiger partial charge in [0.1, 0.15) is 5.52 Å². The van der Waals surface area contributed by atoms with Crippen molar-refractivity contribution in [1.82, 2.24) is 9.97 Å². The molecule has 0 radical (unpaired) electrons. The average molecular weight is 399 g/mol. The Morgan fingerprint density at radius 3 is 2.19 bits per heavy atom. The van der Waals surface area contributed by atoms with Crippen LogP contribution in [0, 0.1) is 0 Å². The minimum absolute atomic E-state index is 0.582. The maximum absolute atomic E-state index is 5.90. The number of oxazole rings is 1. The third kappa shape index (κ3) is 3.15. The molecule has 4 nitrogen and oxygen atoms in total. The predicted molar refractivity (Wildman–Crippen MR) is 126 cm³/mol. The molecule has 0 saturated heterocycles. The van der Waals surface area contributed by atoms with Crippen LogP contribution in [0.1, 0.15) is 5.56 Å². The minimum Gasteiger partial charge on any atom is -0.436 e. The molecule has 0 aliphatic carbocycles. The summed E-state index contributed by atoms with van der Waals surface area (Å²) < 4.78 is 5.90. The summed E-state index contributed by atoms with van der Waals surface area (Å²) in [4.78, 5) is 13.5. The smallest absolute Gasteiger partial charge is 0.227 e. The summed E-state index contributed by atoms with van der Waals surface area (Å²) in [6.45, 7) is 0. The number of hydrogen-bond donors (Lipinski definition) is 0. The summed E-state index contributed by atoms with van der Waals surface area (Å²) in [6.07, 6.45) is 5.42. The number of benzene rings is 4. The summed E-state index contributed by atoms with van der Waals surface area (Å²) in [5.74, 6) is 0.582. The third-order valence-electron chi connectivity index (χ3n) is 5.45. The van der Waals surface area contributed by atoms with Gasteiger partial charge in [0.05, 0.1) is 5.69 Å². The number of rotatable bonds is 3. The van der Waals surface area contributed by atoms with E-state index in [2.05, 4.69) is 64.6 Å². The monoisotopic (exact) mass is 399 g/mol.